The lowest BCUT2D eigenvalue weighted by Gasteiger charge is -2.47. The maximum absolute atomic E-state index is 4.96. The quantitative estimate of drug-likeness (QED) is 0.562. The number of hydrogen-bond acceptors (Lipinski definition) is 4. The Kier molecular flexibility index (Phi) is 7.06. The molecule has 2 N–H and O–H groups in total. The first kappa shape index (κ1) is 20.6. The number of guanidine groups is 1. The van der Waals surface area contributed by atoms with Gasteiger partial charge in [-0.25, -0.2) is 0 Å². The van der Waals surface area contributed by atoms with Gasteiger partial charge >= 0.3 is 0 Å². The Labute approximate surface area is 176 Å². The zero-order chi connectivity index (χ0) is 20.1. The van der Waals surface area contributed by atoms with Crippen molar-refractivity contribution in [3.63, 3.8) is 0 Å². The van der Waals surface area contributed by atoms with E-state index in [1.165, 1.54) is 56.7 Å². The largest absolute Gasteiger partial charge is 0.357 e. The first-order valence-electron chi connectivity index (χ1n) is 11.5. The summed E-state index contributed by atoms with van der Waals surface area (Å²) in [7, 11) is 0. The van der Waals surface area contributed by atoms with Gasteiger partial charge in [-0.2, -0.15) is 0 Å². The van der Waals surface area contributed by atoms with Crippen molar-refractivity contribution in [2.24, 2.45) is 4.99 Å². The maximum atomic E-state index is 4.96. The van der Waals surface area contributed by atoms with Gasteiger partial charge < -0.3 is 10.6 Å². The second kappa shape index (κ2) is 9.92. The van der Waals surface area contributed by atoms with Crippen LogP contribution in [0.5, 0.6) is 0 Å². The molecule has 4 aliphatic rings. The van der Waals surface area contributed by atoms with Crippen LogP contribution in [0.15, 0.2) is 29.3 Å². The molecular formula is C23H38N6. The summed E-state index contributed by atoms with van der Waals surface area (Å²) >= 11 is 0. The van der Waals surface area contributed by atoms with Gasteiger partial charge in [-0.1, -0.05) is 24.3 Å². The van der Waals surface area contributed by atoms with E-state index < -0.39 is 0 Å². The number of likely N-dealkylation sites (tertiary alicyclic amines) is 1. The van der Waals surface area contributed by atoms with Crippen molar-refractivity contribution >= 4 is 5.96 Å². The topological polar surface area (TPSA) is 46.1 Å². The Bertz CT molecular complexity index is 674. The Morgan fingerprint density at radius 2 is 1.83 bits per heavy atom. The second-order valence-corrected chi connectivity index (χ2v) is 8.83. The SMILES string of the molecule is CCNC(=NCC1CN2CCN1CC2)NC1CCN(Cc2ccccc2C)CC1. The Balaban J connectivity index is 1.25. The second-order valence-electron chi connectivity index (χ2n) is 8.83. The summed E-state index contributed by atoms with van der Waals surface area (Å²) in [5.74, 6) is 1.00. The monoisotopic (exact) mass is 398 g/mol. The molecule has 0 saturated carbocycles. The average molecular weight is 399 g/mol. The van der Waals surface area contributed by atoms with Crippen LogP contribution in [0.3, 0.4) is 0 Å². The lowest BCUT2D eigenvalue weighted by Crippen LogP contribution is -2.62. The van der Waals surface area contributed by atoms with Crippen LogP contribution in [0.25, 0.3) is 0 Å². The molecule has 1 atom stereocenters. The Hall–Kier alpha value is -1.63. The van der Waals surface area contributed by atoms with Gasteiger partial charge in [0.2, 0.25) is 0 Å². The fourth-order valence-corrected chi connectivity index (χ4v) is 4.87. The minimum atomic E-state index is 0.521. The summed E-state index contributed by atoms with van der Waals surface area (Å²) in [6, 6.07) is 9.87. The fourth-order valence-electron chi connectivity index (χ4n) is 4.87. The van der Waals surface area contributed by atoms with Crippen LogP contribution in [0.2, 0.25) is 0 Å². The third-order valence-corrected chi connectivity index (χ3v) is 6.78. The number of piperazine rings is 3. The fraction of sp³-hybridized carbons (Fsp3) is 0.696. The molecule has 0 aromatic heterocycles. The van der Waals surface area contributed by atoms with E-state index in [-0.39, 0.29) is 0 Å². The highest BCUT2D eigenvalue weighted by molar-refractivity contribution is 5.80. The normalized spacial score (nSPS) is 28.5. The van der Waals surface area contributed by atoms with Crippen molar-refractivity contribution < 1.29 is 0 Å². The van der Waals surface area contributed by atoms with E-state index in [1.807, 2.05) is 0 Å². The van der Waals surface area contributed by atoms with E-state index in [4.69, 9.17) is 4.99 Å². The van der Waals surface area contributed by atoms with Crippen LogP contribution in [0.1, 0.15) is 30.9 Å². The van der Waals surface area contributed by atoms with Gasteiger partial charge in [-0.15, -0.1) is 0 Å². The molecule has 0 radical (unpaired) electrons. The number of benzene rings is 1. The maximum Gasteiger partial charge on any atom is 0.191 e. The predicted octanol–water partition coefficient (Wildman–Crippen LogP) is 1.51. The number of rotatable bonds is 6. The number of piperidine rings is 1. The number of nitrogens with one attached hydrogen (secondary N) is 2. The van der Waals surface area contributed by atoms with Crippen molar-refractivity contribution in [1.29, 1.82) is 0 Å². The molecule has 29 heavy (non-hydrogen) atoms. The van der Waals surface area contributed by atoms with Crippen LogP contribution in [0, 0.1) is 6.92 Å². The molecule has 4 fully saturated rings. The van der Waals surface area contributed by atoms with Crippen molar-refractivity contribution in [2.45, 2.75) is 45.3 Å². The number of hydrogen-bond donors (Lipinski definition) is 2. The molecule has 5 rings (SSSR count). The Morgan fingerprint density at radius 3 is 2.48 bits per heavy atom. The molecule has 0 aliphatic carbocycles. The van der Waals surface area contributed by atoms with Gasteiger partial charge in [0, 0.05) is 71.0 Å². The van der Waals surface area contributed by atoms with Crippen molar-refractivity contribution in [3.8, 4) is 0 Å². The molecule has 6 nitrogen and oxygen atoms in total. The number of nitrogens with zero attached hydrogens (tertiary/aromatic N) is 4. The summed E-state index contributed by atoms with van der Waals surface area (Å²) < 4.78 is 0. The van der Waals surface area contributed by atoms with Crippen LogP contribution < -0.4 is 10.6 Å². The van der Waals surface area contributed by atoms with Gasteiger partial charge in [0.15, 0.2) is 5.96 Å². The average Bonchev–Trinajstić information content (AvgIpc) is 2.76. The standard InChI is InChI=1S/C23H38N6/c1-3-24-23(25-16-22-18-28-12-14-29(22)15-13-28)26-21-8-10-27(11-9-21)17-20-7-5-4-6-19(20)2/h4-7,21-22H,3,8-18H2,1-2H3,(H2,24,25,26). The highest BCUT2D eigenvalue weighted by atomic mass is 15.3. The van der Waals surface area contributed by atoms with E-state index in [9.17, 15) is 0 Å². The molecule has 1 aromatic rings. The zero-order valence-corrected chi connectivity index (χ0v) is 18.2. The third kappa shape index (κ3) is 5.50. The molecule has 4 aliphatic heterocycles. The first-order valence-corrected chi connectivity index (χ1v) is 11.5. The third-order valence-electron chi connectivity index (χ3n) is 6.78. The Morgan fingerprint density at radius 1 is 1.07 bits per heavy atom. The van der Waals surface area contributed by atoms with Gasteiger partial charge in [-0.05, 0) is 37.8 Å². The summed E-state index contributed by atoms with van der Waals surface area (Å²) in [6.07, 6.45) is 2.36. The van der Waals surface area contributed by atoms with Crippen LogP contribution >= 0.6 is 0 Å². The molecular weight excluding hydrogens is 360 g/mol. The minimum absolute atomic E-state index is 0.521. The molecule has 4 saturated heterocycles. The molecule has 160 valence electrons. The molecule has 1 unspecified atom stereocenters. The highest BCUT2D eigenvalue weighted by Gasteiger charge is 2.31. The molecule has 4 heterocycles. The lowest BCUT2D eigenvalue weighted by molar-refractivity contribution is 0.0174. The van der Waals surface area contributed by atoms with E-state index in [1.54, 1.807) is 0 Å². The van der Waals surface area contributed by atoms with Crippen molar-refractivity contribution in [1.82, 2.24) is 25.3 Å². The van der Waals surface area contributed by atoms with Crippen LogP contribution in [-0.2, 0) is 6.54 Å². The number of aryl methyl sites for hydroxylation is 1. The predicted molar refractivity (Wildman–Crippen MR) is 120 cm³/mol. The number of aliphatic imine (C=N–C) groups is 1. The molecule has 2 bridgehead atoms. The van der Waals surface area contributed by atoms with E-state index in [0.29, 0.717) is 12.1 Å². The van der Waals surface area contributed by atoms with Crippen LogP contribution in [0.4, 0.5) is 0 Å². The van der Waals surface area contributed by atoms with Gasteiger partial charge in [0.1, 0.15) is 0 Å². The lowest BCUT2D eigenvalue weighted by atomic mass is 10.0. The van der Waals surface area contributed by atoms with E-state index in [2.05, 4.69) is 63.4 Å². The molecule has 0 amide bonds. The summed E-state index contributed by atoms with van der Waals surface area (Å²) in [5.41, 5.74) is 2.86. The smallest absolute Gasteiger partial charge is 0.191 e. The van der Waals surface area contributed by atoms with Gasteiger partial charge in [0.25, 0.3) is 0 Å². The summed E-state index contributed by atoms with van der Waals surface area (Å²) in [4.78, 5) is 12.8. The van der Waals surface area contributed by atoms with Crippen molar-refractivity contribution in [3.05, 3.63) is 35.4 Å². The van der Waals surface area contributed by atoms with E-state index in [0.717, 1.165) is 38.7 Å². The van der Waals surface area contributed by atoms with E-state index >= 15 is 0 Å². The van der Waals surface area contributed by atoms with Crippen molar-refractivity contribution in [2.75, 3.05) is 58.9 Å². The number of fused-ring (bicyclic) bond motifs is 3. The summed E-state index contributed by atoms with van der Waals surface area (Å²) in [6.45, 7) is 15.6. The van der Waals surface area contributed by atoms with Crippen LogP contribution in [-0.4, -0.2) is 91.6 Å². The van der Waals surface area contributed by atoms with Gasteiger partial charge in [0.05, 0.1) is 6.54 Å². The summed E-state index contributed by atoms with van der Waals surface area (Å²) in [5, 5.41) is 7.18. The minimum Gasteiger partial charge on any atom is -0.357 e. The zero-order valence-electron chi connectivity index (χ0n) is 18.2. The molecule has 6 heteroatoms. The molecule has 0 spiro atoms. The molecule has 1 aromatic carbocycles. The van der Waals surface area contributed by atoms with Gasteiger partial charge in [-0.3, -0.25) is 19.7 Å². The first-order chi connectivity index (χ1) is 14.2. The highest BCUT2D eigenvalue weighted by Crippen LogP contribution is 2.17.